The van der Waals surface area contributed by atoms with Crippen molar-refractivity contribution in [3.05, 3.63) is 102 Å². The van der Waals surface area contributed by atoms with Gasteiger partial charge in [-0.1, -0.05) is 66.7 Å². The smallest absolute Gasteiger partial charge is 0.313 e. The van der Waals surface area contributed by atoms with E-state index in [1.54, 1.807) is 0 Å². The van der Waals surface area contributed by atoms with Gasteiger partial charge in [-0.2, -0.15) is 0 Å². The molecule has 0 unspecified atom stereocenters. The minimum atomic E-state index is -0.854. The Morgan fingerprint density at radius 2 is 1.31 bits per heavy atom. The Morgan fingerprint density at radius 1 is 0.731 bits per heavy atom. The van der Waals surface area contributed by atoms with Crippen LogP contribution in [0.5, 0.6) is 0 Å². The van der Waals surface area contributed by atoms with Gasteiger partial charge in [0.1, 0.15) is 5.82 Å². The first-order valence-electron chi connectivity index (χ1n) is 8.11. The van der Waals surface area contributed by atoms with Gasteiger partial charge in [0, 0.05) is 5.69 Å². The molecule has 5 heteroatoms. The summed E-state index contributed by atoms with van der Waals surface area (Å²) in [6.07, 6.45) is 0. The molecular weight excluding hydrogens is 331 g/mol. The fourth-order valence-electron chi connectivity index (χ4n) is 2.60. The maximum Gasteiger partial charge on any atom is 0.313 e. The molecule has 0 saturated heterocycles. The third-order valence-corrected chi connectivity index (χ3v) is 3.83. The number of rotatable bonds is 4. The van der Waals surface area contributed by atoms with Crippen LogP contribution in [0, 0.1) is 5.82 Å². The predicted molar refractivity (Wildman–Crippen MR) is 97.9 cm³/mol. The van der Waals surface area contributed by atoms with E-state index in [4.69, 9.17) is 0 Å². The number of nitrogens with one attached hydrogen (secondary N) is 2. The molecule has 3 aromatic rings. The summed E-state index contributed by atoms with van der Waals surface area (Å²) in [5.74, 6) is -2.14. The van der Waals surface area contributed by atoms with E-state index < -0.39 is 23.7 Å². The van der Waals surface area contributed by atoms with Crippen LogP contribution in [0.1, 0.15) is 17.2 Å². The first kappa shape index (κ1) is 17.4. The lowest BCUT2D eigenvalue weighted by Gasteiger charge is -2.19. The van der Waals surface area contributed by atoms with Crippen molar-refractivity contribution in [3.8, 4) is 0 Å². The first-order chi connectivity index (χ1) is 12.6. The molecule has 3 rings (SSSR count). The molecule has 2 amide bonds. The Bertz CT molecular complexity index is 859. The molecule has 4 nitrogen and oxygen atoms in total. The number of carbonyl (C=O) groups excluding carboxylic acids is 2. The van der Waals surface area contributed by atoms with Crippen molar-refractivity contribution >= 4 is 17.5 Å². The number of hydrogen-bond acceptors (Lipinski definition) is 2. The van der Waals surface area contributed by atoms with Gasteiger partial charge >= 0.3 is 11.8 Å². The largest absolute Gasteiger partial charge is 0.337 e. The zero-order valence-electron chi connectivity index (χ0n) is 13.9. The molecule has 130 valence electrons. The molecule has 0 radical (unpaired) electrons. The predicted octanol–water partition coefficient (Wildman–Crippen LogP) is 3.67. The van der Waals surface area contributed by atoms with Crippen LogP contribution in [0.4, 0.5) is 10.1 Å². The molecule has 0 heterocycles. The lowest BCUT2D eigenvalue weighted by Crippen LogP contribution is -2.38. The van der Waals surface area contributed by atoms with E-state index in [0.717, 1.165) is 17.2 Å². The Kier molecular flexibility index (Phi) is 5.39. The van der Waals surface area contributed by atoms with Crippen molar-refractivity contribution in [3.63, 3.8) is 0 Å². The van der Waals surface area contributed by atoms with E-state index in [9.17, 15) is 14.0 Å². The average molecular weight is 348 g/mol. The first-order valence-corrected chi connectivity index (χ1v) is 8.11. The summed E-state index contributed by atoms with van der Waals surface area (Å²) >= 11 is 0. The monoisotopic (exact) mass is 348 g/mol. The van der Waals surface area contributed by atoms with Crippen LogP contribution in [0.2, 0.25) is 0 Å². The molecule has 0 aromatic heterocycles. The third kappa shape index (κ3) is 4.33. The van der Waals surface area contributed by atoms with Gasteiger partial charge in [-0.3, -0.25) is 9.59 Å². The second-order valence-electron chi connectivity index (χ2n) is 5.69. The zero-order chi connectivity index (χ0) is 18.4. The van der Waals surface area contributed by atoms with Gasteiger partial charge in [0.25, 0.3) is 0 Å². The Balaban J connectivity index is 1.78. The van der Waals surface area contributed by atoms with Crippen LogP contribution < -0.4 is 10.6 Å². The van der Waals surface area contributed by atoms with E-state index in [1.165, 1.54) is 18.2 Å². The molecule has 3 aromatic carbocycles. The Morgan fingerprint density at radius 3 is 1.85 bits per heavy atom. The molecule has 0 atom stereocenters. The van der Waals surface area contributed by atoms with Crippen LogP contribution in [0.25, 0.3) is 0 Å². The SMILES string of the molecule is O=C(Nc1cccc(F)c1)C(=O)NC(c1ccccc1)c1ccccc1. The van der Waals surface area contributed by atoms with Gasteiger partial charge in [0.05, 0.1) is 6.04 Å². The van der Waals surface area contributed by atoms with Gasteiger partial charge < -0.3 is 10.6 Å². The summed E-state index contributed by atoms with van der Waals surface area (Å²) in [6.45, 7) is 0. The van der Waals surface area contributed by atoms with Crippen LogP contribution in [0.15, 0.2) is 84.9 Å². The molecule has 0 saturated carbocycles. The molecule has 0 spiro atoms. The fraction of sp³-hybridized carbons (Fsp3) is 0.0476. The van der Waals surface area contributed by atoms with E-state index in [2.05, 4.69) is 10.6 Å². The number of benzene rings is 3. The van der Waals surface area contributed by atoms with Gasteiger partial charge in [-0.25, -0.2) is 4.39 Å². The second kappa shape index (κ2) is 8.07. The number of halogens is 1. The summed E-state index contributed by atoms with van der Waals surface area (Å²) in [4.78, 5) is 24.5. The minimum Gasteiger partial charge on any atom is -0.337 e. The van der Waals surface area contributed by atoms with Gasteiger partial charge in [0.15, 0.2) is 0 Å². The number of anilines is 1. The molecule has 0 aliphatic rings. The van der Waals surface area contributed by atoms with Crippen molar-refractivity contribution in [2.75, 3.05) is 5.32 Å². The van der Waals surface area contributed by atoms with Gasteiger partial charge in [0.2, 0.25) is 0 Å². The normalized spacial score (nSPS) is 10.4. The van der Waals surface area contributed by atoms with Crippen LogP contribution in [-0.4, -0.2) is 11.8 Å². The highest BCUT2D eigenvalue weighted by Gasteiger charge is 2.21. The van der Waals surface area contributed by atoms with E-state index >= 15 is 0 Å². The van der Waals surface area contributed by atoms with E-state index in [0.29, 0.717) is 0 Å². The van der Waals surface area contributed by atoms with E-state index in [-0.39, 0.29) is 5.69 Å². The number of carbonyl (C=O) groups is 2. The Labute approximate surface area is 150 Å². The quantitative estimate of drug-likeness (QED) is 0.707. The maximum absolute atomic E-state index is 13.2. The topological polar surface area (TPSA) is 58.2 Å². The average Bonchev–Trinajstić information content (AvgIpc) is 2.67. The lowest BCUT2D eigenvalue weighted by molar-refractivity contribution is -0.136. The maximum atomic E-state index is 13.2. The van der Waals surface area contributed by atoms with Crippen molar-refractivity contribution in [2.24, 2.45) is 0 Å². The van der Waals surface area contributed by atoms with Gasteiger partial charge in [-0.15, -0.1) is 0 Å². The second-order valence-corrected chi connectivity index (χ2v) is 5.69. The van der Waals surface area contributed by atoms with Crippen LogP contribution >= 0.6 is 0 Å². The molecule has 2 N–H and O–H groups in total. The van der Waals surface area contributed by atoms with Crippen LogP contribution in [-0.2, 0) is 9.59 Å². The number of amides is 2. The fourth-order valence-corrected chi connectivity index (χ4v) is 2.60. The number of hydrogen-bond donors (Lipinski definition) is 2. The highest BCUT2D eigenvalue weighted by Crippen LogP contribution is 2.21. The summed E-state index contributed by atoms with van der Waals surface area (Å²) in [5.41, 5.74) is 1.93. The van der Waals surface area contributed by atoms with Crippen LogP contribution in [0.3, 0.4) is 0 Å². The standard InChI is InChI=1S/C21H17FN2O2/c22-17-12-7-13-18(14-17)23-20(25)21(26)24-19(15-8-3-1-4-9-15)16-10-5-2-6-11-16/h1-14,19H,(H,23,25)(H,24,26). The lowest BCUT2D eigenvalue weighted by atomic mass is 9.99. The molecule has 0 bridgehead atoms. The van der Waals surface area contributed by atoms with Crippen molar-refractivity contribution < 1.29 is 14.0 Å². The molecular formula is C21H17FN2O2. The van der Waals surface area contributed by atoms with Crippen molar-refractivity contribution in [1.29, 1.82) is 0 Å². The van der Waals surface area contributed by atoms with Crippen molar-refractivity contribution in [2.45, 2.75) is 6.04 Å². The Hall–Kier alpha value is -3.47. The van der Waals surface area contributed by atoms with E-state index in [1.807, 2.05) is 60.7 Å². The summed E-state index contributed by atoms with van der Waals surface area (Å²) in [7, 11) is 0. The zero-order valence-corrected chi connectivity index (χ0v) is 13.9. The molecule has 26 heavy (non-hydrogen) atoms. The molecule has 0 aliphatic carbocycles. The molecule has 0 fully saturated rings. The minimum absolute atomic E-state index is 0.223. The summed E-state index contributed by atoms with van der Waals surface area (Å²) in [5, 5.41) is 5.14. The highest BCUT2D eigenvalue weighted by molar-refractivity contribution is 6.39. The summed E-state index contributed by atoms with van der Waals surface area (Å²) < 4.78 is 13.2. The van der Waals surface area contributed by atoms with Gasteiger partial charge in [-0.05, 0) is 29.3 Å². The highest BCUT2D eigenvalue weighted by atomic mass is 19.1. The third-order valence-electron chi connectivity index (χ3n) is 3.83. The van der Waals surface area contributed by atoms with Crippen molar-refractivity contribution in [1.82, 2.24) is 5.32 Å². The summed E-state index contributed by atoms with van der Waals surface area (Å²) in [6, 6.07) is 23.6. The molecule has 0 aliphatic heterocycles.